The third kappa shape index (κ3) is 3.06. The number of amides is 1. The van der Waals surface area contributed by atoms with Crippen LogP contribution in [0.1, 0.15) is 42.6 Å². The maximum Gasteiger partial charge on any atom is 0.257 e. The zero-order valence-electron chi connectivity index (χ0n) is 10.8. The molecule has 17 heavy (non-hydrogen) atoms. The Morgan fingerprint density at radius 3 is 2.65 bits per heavy atom. The highest BCUT2D eigenvalue weighted by Gasteiger charge is 2.22. The zero-order chi connectivity index (χ0) is 13.0. The molecule has 0 spiro atoms. The molecule has 2 N–H and O–H groups in total. The first-order chi connectivity index (χ1) is 8.01. The van der Waals surface area contributed by atoms with Crippen LogP contribution in [0.25, 0.3) is 0 Å². The van der Waals surface area contributed by atoms with Crippen LogP contribution in [0, 0.1) is 12.8 Å². The molecular weight excluding hydrogens is 220 g/mol. The van der Waals surface area contributed by atoms with Gasteiger partial charge in [0.2, 0.25) is 0 Å². The molecular formula is C12H20N2O3. The van der Waals surface area contributed by atoms with E-state index < -0.39 is 0 Å². The monoisotopic (exact) mass is 240 g/mol. The van der Waals surface area contributed by atoms with E-state index in [1.807, 2.05) is 20.8 Å². The topological polar surface area (TPSA) is 75.4 Å². The van der Waals surface area contributed by atoms with Gasteiger partial charge in [-0.05, 0) is 19.3 Å². The highest BCUT2D eigenvalue weighted by Crippen LogP contribution is 2.14. The SMILES string of the molecule is CCc1noc(C)c1C(=O)NC(CO)C(C)C. The van der Waals surface area contributed by atoms with E-state index in [2.05, 4.69) is 10.5 Å². The average molecular weight is 240 g/mol. The van der Waals surface area contributed by atoms with Gasteiger partial charge in [-0.25, -0.2) is 0 Å². The van der Waals surface area contributed by atoms with Gasteiger partial charge in [-0.1, -0.05) is 25.9 Å². The molecule has 0 aromatic carbocycles. The molecule has 0 aliphatic heterocycles. The summed E-state index contributed by atoms with van der Waals surface area (Å²) in [6, 6.07) is -0.249. The van der Waals surface area contributed by atoms with Crippen LogP contribution in [0.4, 0.5) is 0 Å². The van der Waals surface area contributed by atoms with Crippen LogP contribution in [0.5, 0.6) is 0 Å². The summed E-state index contributed by atoms with van der Waals surface area (Å²) in [6.45, 7) is 7.45. The molecule has 0 aliphatic rings. The van der Waals surface area contributed by atoms with Crippen LogP contribution in [0.2, 0.25) is 0 Å². The summed E-state index contributed by atoms with van der Waals surface area (Å²) >= 11 is 0. The van der Waals surface area contributed by atoms with Gasteiger partial charge in [0.25, 0.3) is 5.91 Å². The number of carbonyl (C=O) groups excluding carboxylic acids is 1. The van der Waals surface area contributed by atoms with Crippen molar-refractivity contribution in [3.63, 3.8) is 0 Å². The fourth-order valence-electron chi connectivity index (χ4n) is 1.61. The van der Waals surface area contributed by atoms with Crippen LogP contribution >= 0.6 is 0 Å². The molecule has 0 aliphatic carbocycles. The Hall–Kier alpha value is -1.36. The van der Waals surface area contributed by atoms with Crippen LogP contribution in [0.15, 0.2) is 4.52 Å². The van der Waals surface area contributed by atoms with Crippen molar-refractivity contribution in [1.82, 2.24) is 10.5 Å². The van der Waals surface area contributed by atoms with Gasteiger partial charge in [0, 0.05) is 0 Å². The first-order valence-corrected chi connectivity index (χ1v) is 5.88. The Balaban J connectivity index is 2.85. The van der Waals surface area contributed by atoms with E-state index in [0.717, 1.165) is 0 Å². The second-order valence-corrected chi connectivity index (χ2v) is 4.42. The lowest BCUT2D eigenvalue weighted by molar-refractivity contribution is 0.0894. The maximum atomic E-state index is 12.1. The Morgan fingerprint density at radius 1 is 1.53 bits per heavy atom. The third-order valence-corrected chi connectivity index (χ3v) is 2.81. The summed E-state index contributed by atoms with van der Waals surface area (Å²) in [5.74, 6) is 0.460. The van der Waals surface area contributed by atoms with E-state index in [0.29, 0.717) is 23.4 Å². The molecule has 1 aromatic rings. The number of aryl methyl sites for hydroxylation is 2. The van der Waals surface area contributed by atoms with E-state index in [1.165, 1.54) is 0 Å². The zero-order valence-corrected chi connectivity index (χ0v) is 10.8. The third-order valence-electron chi connectivity index (χ3n) is 2.81. The minimum absolute atomic E-state index is 0.0742. The molecule has 1 unspecified atom stereocenters. The van der Waals surface area contributed by atoms with Gasteiger partial charge in [0.05, 0.1) is 18.3 Å². The molecule has 0 saturated heterocycles. The number of hydrogen-bond donors (Lipinski definition) is 2. The second kappa shape index (κ2) is 5.82. The highest BCUT2D eigenvalue weighted by atomic mass is 16.5. The minimum Gasteiger partial charge on any atom is -0.394 e. The Bertz CT molecular complexity index is 385. The van der Waals surface area contributed by atoms with E-state index >= 15 is 0 Å². The predicted molar refractivity (Wildman–Crippen MR) is 63.8 cm³/mol. The van der Waals surface area contributed by atoms with Gasteiger partial charge in [-0.15, -0.1) is 0 Å². The Labute approximate surface area is 101 Å². The summed E-state index contributed by atoms with van der Waals surface area (Å²) in [7, 11) is 0. The number of rotatable bonds is 5. The highest BCUT2D eigenvalue weighted by molar-refractivity contribution is 5.96. The van der Waals surface area contributed by atoms with Crippen molar-refractivity contribution >= 4 is 5.91 Å². The summed E-state index contributed by atoms with van der Waals surface area (Å²) in [5.41, 5.74) is 1.15. The molecule has 5 nitrogen and oxygen atoms in total. The molecule has 1 aromatic heterocycles. The molecule has 5 heteroatoms. The Kier molecular flexibility index (Phi) is 4.69. The largest absolute Gasteiger partial charge is 0.394 e. The standard InChI is InChI=1S/C12H20N2O3/c1-5-9-11(8(4)17-14-9)12(16)13-10(6-15)7(2)3/h7,10,15H,5-6H2,1-4H3,(H,13,16). The van der Waals surface area contributed by atoms with Gasteiger partial charge in [0.1, 0.15) is 11.3 Å². The Morgan fingerprint density at radius 2 is 2.18 bits per heavy atom. The molecule has 0 radical (unpaired) electrons. The summed E-state index contributed by atoms with van der Waals surface area (Å²) in [4.78, 5) is 12.1. The van der Waals surface area contributed by atoms with Crippen molar-refractivity contribution in [1.29, 1.82) is 0 Å². The fraction of sp³-hybridized carbons (Fsp3) is 0.667. The first-order valence-electron chi connectivity index (χ1n) is 5.88. The van der Waals surface area contributed by atoms with Gasteiger partial charge >= 0.3 is 0 Å². The predicted octanol–water partition coefficient (Wildman–Crippen LogP) is 1.29. The van der Waals surface area contributed by atoms with E-state index in [-0.39, 0.29) is 24.5 Å². The van der Waals surface area contributed by atoms with Gasteiger partial charge in [0.15, 0.2) is 0 Å². The van der Waals surface area contributed by atoms with E-state index in [9.17, 15) is 9.90 Å². The van der Waals surface area contributed by atoms with Crippen LogP contribution in [0.3, 0.4) is 0 Å². The van der Waals surface area contributed by atoms with Crippen molar-refractivity contribution in [3.05, 3.63) is 17.0 Å². The quantitative estimate of drug-likeness (QED) is 0.813. The molecule has 0 bridgehead atoms. The summed E-state index contributed by atoms with van der Waals surface area (Å²) < 4.78 is 5.01. The van der Waals surface area contributed by atoms with Crippen molar-refractivity contribution < 1.29 is 14.4 Å². The molecule has 1 rings (SSSR count). The lowest BCUT2D eigenvalue weighted by Crippen LogP contribution is -2.41. The number of hydrogen-bond acceptors (Lipinski definition) is 4. The number of carbonyl (C=O) groups is 1. The van der Waals surface area contributed by atoms with Crippen LogP contribution in [-0.4, -0.2) is 28.8 Å². The van der Waals surface area contributed by atoms with E-state index in [1.54, 1.807) is 6.92 Å². The van der Waals surface area contributed by atoms with Crippen molar-refractivity contribution in [3.8, 4) is 0 Å². The van der Waals surface area contributed by atoms with Crippen molar-refractivity contribution in [2.45, 2.75) is 40.2 Å². The number of nitrogens with one attached hydrogen (secondary N) is 1. The number of aliphatic hydroxyl groups excluding tert-OH is 1. The fourth-order valence-corrected chi connectivity index (χ4v) is 1.61. The molecule has 1 heterocycles. The normalized spacial score (nSPS) is 12.8. The molecule has 1 amide bonds. The molecule has 96 valence electrons. The average Bonchev–Trinajstić information content (AvgIpc) is 2.66. The molecule has 0 fully saturated rings. The molecule has 1 atom stereocenters. The second-order valence-electron chi connectivity index (χ2n) is 4.42. The lowest BCUT2D eigenvalue weighted by Gasteiger charge is -2.19. The first kappa shape index (κ1) is 13.7. The van der Waals surface area contributed by atoms with Crippen molar-refractivity contribution in [2.75, 3.05) is 6.61 Å². The van der Waals surface area contributed by atoms with E-state index in [4.69, 9.17) is 4.52 Å². The summed E-state index contributed by atoms with van der Waals surface area (Å²) in [5, 5.41) is 15.8. The van der Waals surface area contributed by atoms with Gasteiger partial charge in [-0.3, -0.25) is 4.79 Å². The van der Waals surface area contributed by atoms with Crippen LogP contribution in [-0.2, 0) is 6.42 Å². The maximum absolute atomic E-state index is 12.1. The van der Waals surface area contributed by atoms with Gasteiger partial charge < -0.3 is 14.9 Å². The van der Waals surface area contributed by atoms with Crippen LogP contribution < -0.4 is 5.32 Å². The number of aromatic nitrogens is 1. The smallest absolute Gasteiger partial charge is 0.257 e. The van der Waals surface area contributed by atoms with Crippen molar-refractivity contribution in [2.24, 2.45) is 5.92 Å². The lowest BCUT2D eigenvalue weighted by atomic mass is 10.0. The van der Waals surface area contributed by atoms with Gasteiger partial charge in [-0.2, -0.15) is 0 Å². The minimum atomic E-state index is -0.249. The number of aliphatic hydroxyl groups is 1. The number of nitrogens with zero attached hydrogens (tertiary/aromatic N) is 1. The molecule has 0 saturated carbocycles. The summed E-state index contributed by atoms with van der Waals surface area (Å²) in [6.07, 6.45) is 0.644.